The molecule has 1 aliphatic heterocycles. The van der Waals surface area contributed by atoms with Gasteiger partial charge in [0.05, 0.1) is 13.2 Å². The molecule has 3 rings (SSSR count). The average molecular weight is 378 g/mol. The van der Waals surface area contributed by atoms with Gasteiger partial charge in [0.1, 0.15) is 17.1 Å². The Bertz CT molecular complexity index is 657. The number of carbonyl (C=O) groups is 2. The number of hydrogen-bond acceptors (Lipinski definition) is 6. The van der Waals surface area contributed by atoms with E-state index in [1.165, 1.54) is 19.3 Å². The van der Waals surface area contributed by atoms with Crippen molar-refractivity contribution in [3.63, 3.8) is 0 Å². The average Bonchev–Trinajstić information content (AvgIpc) is 3.04. The Morgan fingerprint density at radius 3 is 2.52 bits per heavy atom. The second-order valence-electron chi connectivity index (χ2n) is 7.56. The minimum atomic E-state index is -0.528. The number of furan rings is 1. The van der Waals surface area contributed by atoms with Gasteiger partial charge in [-0.25, -0.2) is 4.79 Å². The third-order valence-electron chi connectivity index (χ3n) is 5.68. The lowest BCUT2D eigenvalue weighted by Crippen LogP contribution is -2.59. The predicted molar refractivity (Wildman–Crippen MR) is 99.7 cm³/mol. The molecule has 2 fully saturated rings. The van der Waals surface area contributed by atoms with Crippen LogP contribution in [-0.2, 0) is 14.3 Å². The molecule has 0 bridgehead atoms. The predicted octanol–water partition coefficient (Wildman–Crippen LogP) is 2.20. The number of ether oxygens (including phenoxy) is 2. The fraction of sp³-hybridized carbons (Fsp3) is 0.700. The molecule has 2 aliphatic rings. The smallest absolute Gasteiger partial charge is 0.342 e. The quantitative estimate of drug-likeness (QED) is 0.765. The van der Waals surface area contributed by atoms with E-state index in [1.807, 2.05) is 0 Å². The first kappa shape index (κ1) is 19.9. The monoisotopic (exact) mass is 378 g/mol. The van der Waals surface area contributed by atoms with E-state index in [2.05, 4.69) is 10.2 Å². The van der Waals surface area contributed by atoms with E-state index >= 15 is 0 Å². The number of carbonyl (C=O) groups excluding carboxylic acids is 2. The molecule has 27 heavy (non-hydrogen) atoms. The van der Waals surface area contributed by atoms with E-state index in [9.17, 15) is 9.59 Å². The Hall–Kier alpha value is -1.86. The first-order valence-corrected chi connectivity index (χ1v) is 9.84. The van der Waals surface area contributed by atoms with Crippen LogP contribution in [0.5, 0.6) is 0 Å². The molecule has 1 aromatic rings. The zero-order valence-electron chi connectivity index (χ0n) is 16.3. The van der Waals surface area contributed by atoms with Crippen LogP contribution >= 0.6 is 0 Å². The number of amides is 1. The summed E-state index contributed by atoms with van der Waals surface area (Å²) in [6, 6.07) is 1.63. The van der Waals surface area contributed by atoms with Gasteiger partial charge in [0.25, 0.3) is 5.91 Å². The van der Waals surface area contributed by atoms with Crippen LogP contribution in [0, 0.1) is 13.8 Å². The van der Waals surface area contributed by atoms with Crippen molar-refractivity contribution in [2.75, 3.05) is 39.5 Å². The summed E-state index contributed by atoms with van der Waals surface area (Å²) in [6.07, 6.45) is 5.78. The van der Waals surface area contributed by atoms with Crippen molar-refractivity contribution < 1.29 is 23.5 Å². The lowest BCUT2D eigenvalue weighted by atomic mass is 9.79. The summed E-state index contributed by atoms with van der Waals surface area (Å²) >= 11 is 0. The number of nitrogens with zero attached hydrogens (tertiary/aromatic N) is 1. The summed E-state index contributed by atoms with van der Waals surface area (Å²) in [5.41, 5.74) is 0.373. The summed E-state index contributed by atoms with van der Waals surface area (Å²) in [7, 11) is 0. The standard InChI is InChI=1S/C20H30N2O5/c1-15-12-17(16(2)27-15)19(24)26-13-18(23)21-14-20(6-4-3-5-7-20)22-8-10-25-11-9-22/h12H,3-11,13-14H2,1-2H3,(H,21,23). The van der Waals surface area contributed by atoms with E-state index < -0.39 is 5.97 Å². The number of rotatable bonds is 6. The second-order valence-corrected chi connectivity index (χ2v) is 7.56. The van der Waals surface area contributed by atoms with E-state index in [4.69, 9.17) is 13.9 Å². The van der Waals surface area contributed by atoms with E-state index in [1.54, 1.807) is 19.9 Å². The van der Waals surface area contributed by atoms with Gasteiger partial charge in [0.2, 0.25) is 0 Å². The van der Waals surface area contributed by atoms with Crippen LogP contribution in [0.3, 0.4) is 0 Å². The van der Waals surface area contributed by atoms with Crippen LogP contribution in [0.2, 0.25) is 0 Å². The molecule has 1 saturated carbocycles. The van der Waals surface area contributed by atoms with Gasteiger partial charge in [-0.3, -0.25) is 9.69 Å². The number of morpholine rings is 1. The molecule has 7 nitrogen and oxygen atoms in total. The van der Waals surface area contributed by atoms with Crippen LogP contribution in [0.1, 0.15) is 54.0 Å². The first-order chi connectivity index (χ1) is 13.0. The van der Waals surface area contributed by atoms with Crippen molar-refractivity contribution in [2.45, 2.75) is 51.5 Å². The maximum atomic E-state index is 12.3. The van der Waals surface area contributed by atoms with Crippen molar-refractivity contribution in [3.8, 4) is 0 Å². The minimum absolute atomic E-state index is 0.0000425. The van der Waals surface area contributed by atoms with Crippen LogP contribution in [0.15, 0.2) is 10.5 Å². The minimum Gasteiger partial charge on any atom is -0.466 e. The molecule has 1 N–H and O–H groups in total. The van der Waals surface area contributed by atoms with Gasteiger partial charge in [0.15, 0.2) is 6.61 Å². The molecular weight excluding hydrogens is 348 g/mol. The zero-order chi connectivity index (χ0) is 19.3. The van der Waals surface area contributed by atoms with Crippen LogP contribution in [0.25, 0.3) is 0 Å². The molecule has 0 radical (unpaired) electrons. The van der Waals surface area contributed by atoms with Gasteiger partial charge in [0, 0.05) is 25.2 Å². The van der Waals surface area contributed by atoms with Gasteiger partial charge in [-0.05, 0) is 32.8 Å². The highest BCUT2D eigenvalue weighted by atomic mass is 16.5. The fourth-order valence-corrected chi connectivity index (χ4v) is 4.21. The molecule has 0 atom stereocenters. The number of nitrogens with one attached hydrogen (secondary N) is 1. The third-order valence-corrected chi connectivity index (χ3v) is 5.68. The summed E-state index contributed by atoms with van der Waals surface area (Å²) in [5, 5.41) is 3.00. The highest BCUT2D eigenvalue weighted by Crippen LogP contribution is 2.33. The number of esters is 1. The zero-order valence-corrected chi connectivity index (χ0v) is 16.3. The molecular formula is C20H30N2O5. The Balaban J connectivity index is 1.51. The molecule has 0 aromatic carbocycles. The maximum Gasteiger partial charge on any atom is 0.342 e. The lowest BCUT2D eigenvalue weighted by Gasteiger charge is -2.48. The van der Waals surface area contributed by atoms with Crippen LogP contribution < -0.4 is 5.32 Å². The van der Waals surface area contributed by atoms with Crippen molar-refractivity contribution in [1.82, 2.24) is 10.2 Å². The lowest BCUT2D eigenvalue weighted by molar-refractivity contribution is -0.125. The van der Waals surface area contributed by atoms with Crippen molar-refractivity contribution in [3.05, 3.63) is 23.2 Å². The van der Waals surface area contributed by atoms with Crippen LogP contribution in [0.4, 0.5) is 0 Å². The number of aryl methyl sites for hydroxylation is 2. The first-order valence-electron chi connectivity index (χ1n) is 9.84. The van der Waals surface area contributed by atoms with E-state index in [-0.39, 0.29) is 18.1 Å². The summed E-state index contributed by atoms with van der Waals surface area (Å²) in [5.74, 6) is 0.361. The normalized spacial score (nSPS) is 20.2. The Morgan fingerprint density at radius 1 is 1.19 bits per heavy atom. The molecule has 7 heteroatoms. The molecule has 1 saturated heterocycles. The van der Waals surface area contributed by atoms with Crippen molar-refractivity contribution in [1.29, 1.82) is 0 Å². The van der Waals surface area contributed by atoms with Gasteiger partial charge in [-0.2, -0.15) is 0 Å². The molecule has 1 aliphatic carbocycles. The van der Waals surface area contributed by atoms with Gasteiger partial charge >= 0.3 is 5.97 Å². The Morgan fingerprint density at radius 2 is 1.89 bits per heavy atom. The summed E-state index contributed by atoms with van der Waals surface area (Å²) in [4.78, 5) is 26.9. The molecule has 0 spiro atoms. The summed E-state index contributed by atoms with van der Waals surface area (Å²) < 4.78 is 16.0. The molecule has 150 valence electrons. The molecule has 0 unspecified atom stereocenters. The van der Waals surface area contributed by atoms with Crippen LogP contribution in [-0.4, -0.2) is 61.8 Å². The van der Waals surface area contributed by atoms with Crippen molar-refractivity contribution in [2.24, 2.45) is 0 Å². The second kappa shape index (κ2) is 8.89. The summed E-state index contributed by atoms with van der Waals surface area (Å²) in [6.45, 7) is 7.10. The van der Waals surface area contributed by atoms with Gasteiger partial charge in [-0.15, -0.1) is 0 Å². The Labute approximate surface area is 160 Å². The fourth-order valence-electron chi connectivity index (χ4n) is 4.21. The van der Waals surface area contributed by atoms with Gasteiger partial charge < -0.3 is 19.2 Å². The maximum absolute atomic E-state index is 12.3. The van der Waals surface area contributed by atoms with Gasteiger partial charge in [-0.1, -0.05) is 19.3 Å². The van der Waals surface area contributed by atoms with Crippen molar-refractivity contribution >= 4 is 11.9 Å². The largest absolute Gasteiger partial charge is 0.466 e. The van der Waals surface area contributed by atoms with E-state index in [0.29, 0.717) is 23.6 Å². The highest BCUT2D eigenvalue weighted by molar-refractivity contribution is 5.92. The number of hydrogen-bond donors (Lipinski definition) is 1. The van der Waals surface area contributed by atoms with E-state index in [0.717, 1.165) is 39.1 Å². The molecule has 1 amide bonds. The Kier molecular flexibility index (Phi) is 6.55. The molecule has 2 heterocycles. The highest BCUT2D eigenvalue weighted by Gasteiger charge is 2.38. The topological polar surface area (TPSA) is 81.0 Å². The SMILES string of the molecule is Cc1cc(C(=O)OCC(=O)NCC2(N3CCOCC3)CCCCC2)c(C)o1. The third kappa shape index (κ3) is 4.90. The molecule has 1 aromatic heterocycles.